The molecular weight excluding hydrogens is 444 g/mol. The van der Waals surface area contributed by atoms with Crippen LogP contribution in [0.1, 0.15) is 23.0 Å². The van der Waals surface area contributed by atoms with E-state index in [1.165, 1.54) is 10.8 Å². The first-order valence-electron chi connectivity index (χ1n) is 12.2. The number of hydrogen-bond donors (Lipinski definition) is 0. The van der Waals surface area contributed by atoms with Crippen molar-refractivity contribution in [3.05, 3.63) is 133 Å². The van der Waals surface area contributed by atoms with Gasteiger partial charge in [-0.1, -0.05) is 84.9 Å². The Labute approximate surface area is 209 Å². The first kappa shape index (κ1) is 22.0. The molecule has 0 saturated heterocycles. The van der Waals surface area contributed by atoms with Gasteiger partial charge in [0.05, 0.1) is 24.5 Å². The fraction of sp³-hybridized carbons (Fsp3) is 0.129. The van der Waals surface area contributed by atoms with Crippen molar-refractivity contribution in [3.63, 3.8) is 0 Å². The average molecular weight is 471 g/mol. The highest BCUT2D eigenvalue weighted by Gasteiger charge is 2.30. The monoisotopic (exact) mass is 470 g/mol. The molecule has 36 heavy (non-hydrogen) atoms. The number of benzene rings is 4. The predicted octanol–water partition coefficient (Wildman–Crippen LogP) is 6.22. The Morgan fingerprint density at radius 2 is 1.06 bits per heavy atom. The zero-order valence-corrected chi connectivity index (χ0v) is 19.8. The molecule has 6 aromatic rings. The number of hydrogen-bond acceptors (Lipinski definition) is 3. The maximum atomic E-state index is 14.5. The van der Waals surface area contributed by atoms with Crippen molar-refractivity contribution in [1.29, 1.82) is 0 Å². The van der Waals surface area contributed by atoms with Gasteiger partial charge < -0.3 is 9.13 Å². The quantitative estimate of drug-likeness (QED) is 0.265. The van der Waals surface area contributed by atoms with Crippen LogP contribution in [0.25, 0.3) is 21.5 Å². The van der Waals surface area contributed by atoms with E-state index < -0.39 is 0 Å². The van der Waals surface area contributed by atoms with Crippen LogP contribution in [-0.2, 0) is 17.9 Å². The number of Topliss-reactive ketones (excluding diaryl/α,β-unsaturated/α-hetero) is 1. The van der Waals surface area contributed by atoms with Crippen LogP contribution in [-0.4, -0.2) is 24.9 Å². The fourth-order valence-corrected chi connectivity index (χ4v) is 5.02. The summed E-state index contributed by atoms with van der Waals surface area (Å²) in [4.78, 5) is 22.9. The summed E-state index contributed by atoms with van der Waals surface area (Å²) in [5, 5.41) is 4.60. The molecule has 4 aromatic carbocycles. The Bertz CT molecular complexity index is 1500. The third kappa shape index (κ3) is 4.43. The van der Waals surface area contributed by atoms with Crippen LogP contribution >= 0.6 is 0 Å². The molecule has 0 bridgehead atoms. The molecule has 2 heterocycles. The van der Waals surface area contributed by atoms with Crippen LogP contribution in [0.15, 0.2) is 122 Å². The van der Waals surface area contributed by atoms with Gasteiger partial charge in [0, 0.05) is 37.9 Å². The summed E-state index contributed by atoms with van der Waals surface area (Å²) in [6.45, 7) is 1.07. The van der Waals surface area contributed by atoms with Gasteiger partial charge in [0.25, 0.3) is 0 Å². The molecule has 0 amide bonds. The summed E-state index contributed by atoms with van der Waals surface area (Å²) in [5.41, 5.74) is 2.03. The van der Waals surface area contributed by atoms with E-state index in [0.717, 1.165) is 21.9 Å². The van der Waals surface area contributed by atoms with Crippen LogP contribution in [0.3, 0.4) is 0 Å². The number of carbonyl (C=O) groups is 1. The first-order valence-corrected chi connectivity index (χ1v) is 12.2. The highest BCUT2D eigenvalue weighted by atomic mass is 16.1. The second-order valence-corrected chi connectivity index (χ2v) is 9.24. The Morgan fingerprint density at radius 1 is 0.611 bits per heavy atom. The Kier molecular flexibility index (Phi) is 5.88. The average Bonchev–Trinajstić information content (AvgIpc) is 3.64. The van der Waals surface area contributed by atoms with Gasteiger partial charge in [0.2, 0.25) is 0 Å². The second-order valence-electron chi connectivity index (χ2n) is 9.24. The van der Waals surface area contributed by atoms with Crippen LogP contribution < -0.4 is 0 Å². The number of aromatic nitrogens is 4. The Balaban J connectivity index is 1.45. The van der Waals surface area contributed by atoms with Gasteiger partial charge in [-0.25, -0.2) is 9.97 Å². The molecule has 0 aliphatic heterocycles. The summed E-state index contributed by atoms with van der Waals surface area (Å²) >= 11 is 0. The zero-order valence-electron chi connectivity index (χ0n) is 19.8. The molecule has 0 radical (unpaired) electrons. The summed E-state index contributed by atoms with van der Waals surface area (Å²) in [5.74, 6) is -0.476. The molecule has 176 valence electrons. The van der Waals surface area contributed by atoms with Gasteiger partial charge in [-0.2, -0.15) is 0 Å². The molecule has 0 aliphatic rings. The minimum Gasteiger partial charge on any atom is -0.336 e. The second kappa shape index (κ2) is 9.62. The van der Waals surface area contributed by atoms with E-state index in [4.69, 9.17) is 0 Å². The van der Waals surface area contributed by atoms with Crippen LogP contribution in [0.5, 0.6) is 0 Å². The molecule has 5 nitrogen and oxygen atoms in total. The smallest absolute Gasteiger partial charge is 0.151 e. The third-order valence-corrected chi connectivity index (χ3v) is 6.94. The van der Waals surface area contributed by atoms with Crippen LogP contribution in [0, 0.1) is 0 Å². The minimum atomic E-state index is -0.330. The number of carbonyl (C=O) groups excluding carboxylic acids is 1. The minimum absolute atomic E-state index is 0.183. The van der Waals surface area contributed by atoms with Crippen LogP contribution in [0.4, 0.5) is 0 Å². The topological polar surface area (TPSA) is 52.7 Å². The first-order chi connectivity index (χ1) is 17.7. The van der Waals surface area contributed by atoms with E-state index in [0.29, 0.717) is 13.1 Å². The molecule has 0 fully saturated rings. The fourth-order valence-electron chi connectivity index (χ4n) is 5.02. The lowest BCUT2D eigenvalue weighted by Crippen LogP contribution is -2.27. The molecule has 0 aliphatic carbocycles. The van der Waals surface area contributed by atoms with E-state index >= 15 is 0 Å². The van der Waals surface area contributed by atoms with E-state index in [1.54, 1.807) is 25.0 Å². The van der Waals surface area contributed by atoms with Crippen molar-refractivity contribution < 1.29 is 4.79 Å². The largest absolute Gasteiger partial charge is 0.336 e. The van der Waals surface area contributed by atoms with Crippen molar-refractivity contribution in [2.24, 2.45) is 0 Å². The van der Waals surface area contributed by atoms with Crippen molar-refractivity contribution in [3.8, 4) is 0 Å². The zero-order chi connectivity index (χ0) is 24.3. The molecular formula is C31H26N4O. The van der Waals surface area contributed by atoms with Crippen molar-refractivity contribution in [2.45, 2.75) is 24.9 Å². The maximum absolute atomic E-state index is 14.5. The van der Waals surface area contributed by atoms with Crippen LogP contribution in [0.2, 0.25) is 0 Å². The standard InChI is InChI=1S/C31H26N4O/c36-31(29(19-34-15-13-32-21-34)27-11-9-23-5-1-3-7-25(23)17-27)30(20-35-16-14-33-22-35)28-12-10-24-6-2-4-8-26(24)18-28/h1-18,21-22,29-30H,19-20H2. The van der Waals surface area contributed by atoms with Gasteiger partial charge in [0.15, 0.2) is 5.78 Å². The number of ketones is 1. The Hall–Kier alpha value is -4.51. The lowest BCUT2D eigenvalue weighted by atomic mass is 9.82. The van der Waals surface area contributed by atoms with E-state index in [1.807, 2.05) is 45.8 Å². The number of imidazole rings is 2. The number of nitrogens with zero attached hydrogens (tertiary/aromatic N) is 4. The van der Waals surface area contributed by atoms with E-state index in [9.17, 15) is 4.79 Å². The van der Waals surface area contributed by atoms with E-state index in [-0.39, 0.29) is 17.6 Å². The highest BCUT2D eigenvalue weighted by Crippen LogP contribution is 2.32. The predicted molar refractivity (Wildman–Crippen MR) is 143 cm³/mol. The molecule has 6 rings (SSSR count). The molecule has 0 spiro atoms. The highest BCUT2D eigenvalue weighted by molar-refractivity contribution is 5.94. The molecule has 0 saturated carbocycles. The lowest BCUT2D eigenvalue weighted by Gasteiger charge is -2.25. The number of fused-ring (bicyclic) bond motifs is 2. The van der Waals surface area contributed by atoms with Crippen molar-refractivity contribution in [1.82, 2.24) is 19.1 Å². The number of rotatable bonds is 8. The maximum Gasteiger partial charge on any atom is 0.151 e. The Morgan fingerprint density at radius 3 is 1.47 bits per heavy atom. The summed E-state index contributed by atoms with van der Waals surface area (Å²) < 4.78 is 3.98. The normalized spacial score (nSPS) is 13.1. The van der Waals surface area contributed by atoms with Crippen molar-refractivity contribution >= 4 is 27.3 Å². The van der Waals surface area contributed by atoms with Gasteiger partial charge in [-0.3, -0.25) is 4.79 Å². The van der Waals surface area contributed by atoms with Gasteiger partial charge in [-0.15, -0.1) is 0 Å². The molecule has 5 heteroatoms. The summed E-state index contributed by atoms with van der Waals surface area (Å²) in [6, 6.07) is 29.3. The van der Waals surface area contributed by atoms with Gasteiger partial charge >= 0.3 is 0 Å². The lowest BCUT2D eigenvalue weighted by molar-refractivity contribution is -0.122. The molecule has 2 unspecified atom stereocenters. The van der Waals surface area contributed by atoms with Crippen molar-refractivity contribution in [2.75, 3.05) is 0 Å². The summed E-state index contributed by atoms with van der Waals surface area (Å²) in [6.07, 6.45) is 10.9. The van der Waals surface area contributed by atoms with E-state index in [2.05, 4.69) is 70.6 Å². The molecule has 2 atom stereocenters. The van der Waals surface area contributed by atoms with Gasteiger partial charge in [-0.05, 0) is 32.7 Å². The SMILES string of the molecule is O=C(C(Cn1ccnc1)c1ccc2ccccc2c1)C(Cn1ccnc1)c1ccc2ccccc2c1. The molecule has 0 N–H and O–H groups in total. The van der Waals surface area contributed by atoms with Gasteiger partial charge in [0.1, 0.15) is 0 Å². The third-order valence-electron chi connectivity index (χ3n) is 6.94. The molecule has 2 aromatic heterocycles. The summed E-state index contributed by atoms with van der Waals surface area (Å²) in [7, 11) is 0.